The molecule has 0 spiro atoms. The van der Waals surface area contributed by atoms with Crippen LogP contribution in [0.15, 0.2) is 18.5 Å². The van der Waals surface area contributed by atoms with E-state index in [1.54, 1.807) is 19.1 Å². The molecule has 1 saturated heterocycles. The topological polar surface area (TPSA) is 132 Å². The smallest absolute Gasteiger partial charge is 0.303 e. The Balaban J connectivity index is 1.73. The number of nitrogens with two attached hydrogens (primary N) is 1. The van der Waals surface area contributed by atoms with Crippen molar-refractivity contribution in [3.05, 3.63) is 24.2 Å². The van der Waals surface area contributed by atoms with E-state index in [4.69, 9.17) is 15.2 Å². The van der Waals surface area contributed by atoms with Crippen LogP contribution >= 0.6 is 0 Å². The maximum Gasteiger partial charge on any atom is 0.303 e. The zero-order valence-corrected chi connectivity index (χ0v) is 12.5. The predicted octanol–water partition coefficient (Wildman–Crippen LogP) is -1.04. The molecule has 2 fully saturated rings. The second-order valence-corrected chi connectivity index (χ2v) is 6.13. The lowest BCUT2D eigenvalue weighted by Crippen LogP contribution is -2.46. The first-order chi connectivity index (χ1) is 10.8. The van der Waals surface area contributed by atoms with Crippen LogP contribution < -0.4 is 5.73 Å². The Morgan fingerprint density at radius 2 is 2.26 bits per heavy atom. The van der Waals surface area contributed by atoms with E-state index in [9.17, 15) is 15.0 Å². The second kappa shape index (κ2) is 4.19. The SMILES string of the molecule is CC(=O)OC1[C@H]2O[C@@](C)(c3ccc4c(N)ncnn34)[C@H](O)[C@@]12O. The van der Waals surface area contributed by atoms with Crippen LogP contribution in [-0.2, 0) is 19.9 Å². The van der Waals surface area contributed by atoms with Gasteiger partial charge < -0.3 is 25.4 Å². The largest absolute Gasteiger partial charge is 0.456 e. The minimum atomic E-state index is -1.62. The zero-order chi connectivity index (χ0) is 16.6. The molecule has 2 aromatic rings. The third kappa shape index (κ3) is 1.64. The van der Waals surface area contributed by atoms with Crippen molar-refractivity contribution in [2.24, 2.45) is 0 Å². The Morgan fingerprint density at radius 1 is 1.52 bits per heavy atom. The van der Waals surface area contributed by atoms with Crippen molar-refractivity contribution in [3.63, 3.8) is 0 Å². The van der Waals surface area contributed by atoms with Gasteiger partial charge in [0.15, 0.2) is 17.5 Å². The summed E-state index contributed by atoms with van der Waals surface area (Å²) in [7, 11) is 0. The van der Waals surface area contributed by atoms with Gasteiger partial charge in [0, 0.05) is 6.92 Å². The fraction of sp³-hybridized carbons (Fsp3) is 0.500. The Bertz CT molecular complexity index is 823. The summed E-state index contributed by atoms with van der Waals surface area (Å²) in [5, 5.41) is 25.4. The van der Waals surface area contributed by atoms with Gasteiger partial charge in [-0.05, 0) is 19.1 Å². The van der Waals surface area contributed by atoms with Gasteiger partial charge in [0.05, 0.1) is 5.69 Å². The van der Waals surface area contributed by atoms with Gasteiger partial charge in [-0.3, -0.25) is 4.79 Å². The van der Waals surface area contributed by atoms with Gasteiger partial charge in [-0.2, -0.15) is 5.10 Å². The number of nitrogen functional groups attached to an aromatic ring is 1. The number of ether oxygens (including phenoxy) is 2. The van der Waals surface area contributed by atoms with Crippen molar-refractivity contribution in [2.75, 3.05) is 5.73 Å². The molecule has 9 nitrogen and oxygen atoms in total. The average molecular weight is 320 g/mol. The fourth-order valence-corrected chi connectivity index (χ4v) is 3.43. The summed E-state index contributed by atoms with van der Waals surface area (Å²) in [5.74, 6) is -0.243. The van der Waals surface area contributed by atoms with Gasteiger partial charge in [-0.25, -0.2) is 9.50 Å². The normalized spacial score (nSPS) is 38.5. The van der Waals surface area contributed by atoms with E-state index in [2.05, 4.69) is 10.1 Å². The Kier molecular flexibility index (Phi) is 2.62. The summed E-state index contributed by atoms with van der Waals surface area (Å²) in [5.41, 5.74) is 4.06. The van der Waals surface area contributed by atoms with Gasteiger partial charge in [0.1, 0.15) is 29.7 Å². The second-order valence-electron chi connectivity index (χ2n) is 6.13. The highest BCUT2D eigenvalue weighted by Gasteiger charge is 2.82. The van der Waals surface area contributed by atoms with Gasteiger partial charge >= 0.3 is 5.97 Å². The number of carbonyl (C=O) groups excluding carboxylic acids is 1. The van der Waals surface area contributed by atoms with Crippen LogP contribution in [0.3, 0.4) is 0 Å². The van der Waals surface area contributed by atoms with E-state index >= 15 is 0 Å². The zero-order valence-electron chi connectivity index (χ0n) is 12.5. The lowest BCUT2D eigenvalue weighted by Gasteiger charge is -2.32. The molecule has 1 aliphatic carbocycles. The number of fused-ring (bicyclic) bond motifs is 2. The maximum absolute atomic E-state index is 11.1. The first-order valence-corrected chi connectivity index (χ1v) is 7.14. The summed E-state index contributed by atoms with van der Waals surface area (Å²) in [6.45, 7) is 2.88. The van der Waals surface area contributed by atoms with Crippen LogP contribution in [0.25, 0.3) is 5.52 Å². The van der Waals surface area contributed by atoms with Crippen molar-refractivity contribution in [2.45, 2.75) is 43.4 Å². The molecule has 3 heterocycles. The molecule has 1 unspecified atom stereocenters. The number of hydrogen-bond donors (Lipinski definition) is 3. The van der Waals surface area contributed by atoms with Gasteiger partial charge in [0.25, 0.3) is 0 Å². The number of carbonyl (C=O) groups is 1. The number of nitrogens with zero attached hydrogens (tertiary/aromatic N) is 3. The van der Waals surface area contributed by atoms with Gasteiger partial charge in [-0.15, -0.1) is 0 Å². The van der Waals surface area contributed by atoms with Gasteiger partial charge in [-0.1, -0.05) is 0 Å². The lowest BCUT2D eigenvalue weighted by atomic mass is 9.91. The molecule has 5 atom stereocenters. The highest BCUT2D eigenvalue weighted by atomic mass is 16.6. The minimum Gasteiger partial charge on any atom is -0.456 e. The summed E-state index contributed by atoms with van der Waals surface area (Å²) in [4.78, 5) is 15.0. The maximum atomic E-state index is 11.1. The Labute approximate surface area is 130 Å². The van der Waals surface area contributed by atoms with Crippen molar-refractivity contribution >= 4 is 17.3 Å². The summed E-state index contributed by atoms with van der Waals surface area (Å²) < 4.78 is 12.4. The molecule has 0 bridgehead atoms. The van der Waals surface area contributed by atoms with Gasteiger partial charge in [0.2, 0.25) is 0 Å². The summed E-state index contributed by atoms with van der Waals surface area (Å²) in [6.07, 6.45) is -1.64. The standard InChI is InChI=1S/C14H16N4O5/c1-6(19)22-9-10-14(9,21)12(20)13(2,23-10)8-4-3-7-11(15)16-5-17-18(7)8/h3-5,9-10,12,20-21H,1-2H3,(H2,15,16,17)/t9?,10-,12+,13+,14-/m1/s1. The molecular formula is C14H16N4O5. The number of aliphatic hydroxyl groups is 2. The Hall–Kier alpha value is -2.23. The third-order valence-electron chi connectivity index (χ3n) is 4.69. The highest BCUT2D eigenvalue weighted by molar-refractivity contribution is 5.67. The van der Waals surface area contributed by atoms with E-state index in [0.29, 0.717) is 17.0 Å². The number of aromatic nitrogens is 3. The molecule has 2 aliphatic rings. The lowest BCUT2D eigenvalue weighted by molar-refractivity contribution is -0.162. The van der Waals surface area contributed by atoms with Crippen LogP contribution in [0.2, 0.25) is 0 Å². The number of rotatable bonds is 2. The summed E-state index contributed by atoms with van der Waals surface area (Å²) in [6, 6.07) is 3.42. The molecule has 9 heteroatoms. The molecule has 0 amide bonds. The Morgan fingerprint density at radius 3 is 2.87 bits per heavy atom. The number of hydrogen-bond acceptors (Lipinski definition) is 8. The molecule has 122 valence electrons. The van der Waals surface area contributed by atoms with E-state index in [1.165, 1.54) is 17.8 Å². The molecule has 1 aliphatic heterocycles. The number of aliphatic hydroxyl groups excluding tert-OH is 1. The van der Waals surface area contributed by atoms with Crippen LogP contribution in [0.4, 0.5) is 5.82 Å². The molecule has 4 rings (SSSR count). The molecule has 4 N–H and O–H groups in total. The van der Waals surface area contributed by atoms with Crippen LogP contribution in [-0.4, -0.2) is 54.7 Å². The van der Waals surface area contributed by atoms with Crippen LogP contribution in [0, 0.1) is 0 Å². The quantitative estimate of drug-likeness (QED) is 0.598. The highest BCUT2D eigenvalue weighted by Crippen LogP contribution is 2.59. The predicted molar refractivity (Wildman–Crippen MR) is 76.1 cm³/mol. The monoisotopic (exact) mass is 320 g/mol. The molecule has 2 aromatic heterocycles. The molecule has 0 radical (unpaired) electrons. The molecule has 0 aromatic carbocycles. The molecular weight excluding hydrogens is 304 g/mol. The van der Waals surface area contributed by atoms with E-state index < -0.39 is 35.5 Å². The van der Waals surface area contributed by atoms with Crippen molar-refractivity contribution < 1.29 is 24.5 Å². The number of esters is 1. The first kappa shape index (κ1) is 14.4. The summed E-state index contributed by atoms with van der Waals surface area (Å²) >= 11 is 0. The van der Waals surface area contributed by atoms with Crippen molar-refractivity contribution in [1.82, 2.24) is 14.6 Å². The minimum absolute atomic E-state index is 0.295. The van der Waals surface area contributed by atoms with Crippen LogP contribution in [0.5, 0.6) is 0 Å². The molecule has 23 heavy (non-hydrogen) atoms. The number of anilines is 1. The van der Waals surface area contributed by atoms with E-state index in [-0.39, 0.29) is 0 Å². The van der Waals surface area contributed by atoms with E-state index in [1.807, 2.05) is 0 Å². The van der Waals surface area contributed by atoms with Crippen molar-refractivity contribution in [3.8, 4) is 0 Å². The third-order valence-corrected chi connectivity index (χ3v) is 4.69. The fourth-order valence-electron chi connectivity index (χ4n) is 3.43. The van der Waals surface area contributed by atoms with Crippen molar-refractivity contribution in [1.29, 1.82) is 0 Å². The average Bonchev–Trinajstić information content (AvgIpc) is 2.84. The molecule has 1 saturated carbocycles. The van der Waals surface area contributed by atoms with Crippen LogP contribution in [0.1, 0.15) is 19.5 Å². The first-order valence-electron chi connectivity index (χ1n) is 7.14. The van der Waals surface area contributed by atoms with E-state index in [0.717, 1.165) is 0 Å².